The van der Waals surface area contributed by atoms with E-state index in [0.717, 1.165) is 0 Å². The fraction of sp³-hybridized carbons (Fsp3) is 0.273. The molecule has 94 valence electrons. The lowest BCUT2D eigenvalue weighted by molar-refractivity contribution is -0.119. The van der Waals surface area contributed by atoms with Crippen LogP contribution in [0.5, 0.6) is 0 Å². The van der Waals surface area contributed by atoms with Crippen molar-refractivity contribution in [3.05, 3.63) is 21.5 Å². The van der Waals surface area contributed by atoms with Crippen LogP contribution in [0.15, 0.2) is 12.1 Å². The van der Waals surface area contributed by atoms with Gasteiger partial charge in [0.2, 0.25) is 11.9 Å². The lowest BCUT2D eigenvalue weighted by Crippen LogP contribution is -2.16. The zero-order valence-corrected chi connectivity index (χ0v) is 11.4. The van der Waals surface area contributed by atoms with Gasteiger partial charge in [-0.25, -0.2) is 9.37 Å². The van der Waals surface area contributed by atoms with Gasteiger partial charge in [0.15, 0.2) is 0 Å². The number of carbonyl (C=O) groups is 1. The average molecular weight is 360 g/mol. The molecule has 1 saturated heterocycles. The maximum atomic E-state index is 13.6. The van der Waals surface area contributed by atoms with E-state index in [-0.39, 0.29) is 17.8 Å². The molecule has 1 aromatic heterocycles. The molecule has 3 N–H and O–H groups in total. The van der Waals surface area contributed by atoms with E-state index in [2.05, 4.69) is 10.3 Å². The first kappa shape index (κ1) is 11.7. The number of nitrogens with zero attached hydrogens (tertiary/aromatic N) is 2. The van der Waals surface area contributed by atoms with Crippen molar-refractivity contribution in [2.24, 2.45) is 0 Å². The minimum absolute atomic E-state index is 0.0211. The first-order chi connectivity index (χ1) is 8.56. The fourth-order valence-corrected chi connectivity index (χ4v) is 2.72. The second-order valence-corrected chi connectivity index (χ2v) is 5.42. The van der Waals surface area contributed by atoms with Crippen LogP contribution >= 0.6 is 22.6 Å². The number of nitrogens with two attached hydrogens (primary N) is 1. The number of amides is 1. The molecule has 1 amide bonds. The molecule has 18 heavy (non-hydrogen) atoms. The van der Waals surface area contributed by atoms with E-state index in [9.17, 15) is 9.18 Å². The van der Waals surface area contributed by atoms with Crippen LogP contribution in [0.25, 0.3) is 11.0 Å². The first-order valence-corrected chi connectivity index (χ1v) is 6.53. The quantitative estimate of drug-likeness (QED) is 0.756. The number of nitrogens with one attached hydrogen (secondary N) is 1. The Bertz CT molecular complexity index is 654. The summed E-state index contributed by atoms with van der Waals surface area (Å²) in [4.78, 5) is 15.5. The molecule has 1 aromatic carbocycles. The number of carbonyl (C=O) groups excluding carboxylic acids is 1. The summed E-state index contributed by atoms with van der Waals surface area (Å²) in [6, 6.07) is 2.98. The van der Waals surface area contributed by atoms with Crippen molar-refractivity contribution >= 4 is 45.5 Å². The number of imidazole rings is 1. The number of fused-ring (bicyclic) bond motifs is 1. The minimum atomic E-state index is -0.304. The van der Waals surface area contributed by atoms with E-state index in [1.807, 2.05) is 22.6 Å². The monoisotopic (exact) mass is 360 g/mol. The molecule has 0 saturated carbocycles. The summed E-state index contributed by atoms with van der Waals surface area (Å²) in [7, 11) is 0. The molecule has 0 radical (unpaired) electrons. The third kappa shape index (κ3) is 1.73. The average Bonchev–Trinajstić information content (AvgIpc) is 2.83. The van der Waals surface area contributed by atoms with Gasteiger partial charge in [0.25, 0.3) is 0 Å². The number of benzene rings is 1. The van der Waals surface area contributed by atoms with Gasteiger partial charge in [-0.15, -0.1) is 0 Å². The highest BCUT2D eigenvalue weighted by Gasteiger charge is 2.26. The molecule has 1 aliphatic heterocycles. The fourth-order valence-electron chi connectivity index (χ4n) is 2.27. The minimum Gasteiger partial charge on any atom is -0.369 e. The Morgan fingerprint density at radius 1 is 1.56 bits per heavy atom. The molecule has 0 bridgehead atoms. The lowest BCUT2D eigenvalue weighted by Gasteiger charge is -2.12. The van der Waals surface area contributed by atoms with E-state index in [1.165, 1.54) is 6.07 Å². The van der Waals surface area contributed by atoms with Crippen LogP contribution in [0.3, 0.4) is 0 Å². The molecule has 1 atom stereocenters. The molecular formula is C11H10FIN4O. The van der Waals surface area contributed by atoms with E-state index in [1.54, 1.807) is 10.6 Å². The van der Waals surface area contributed by atoms with Crippen molar-refractivity contribution in [2.75, 3.05) is 12.3 Å². The van der Waals surface area contributed by atoms with Crippen molar-refractivity contribution in [1.82, 2.24) is 14.9 Å². The van der Waals surface area contributed by atoms with Crippen LogP contribution in [0.4, 0.5) is 10.3 Å². The number of nitrogen functional groups attached to an aromatic ring is 1. The molecule has 0 spiro atoms. The number of aromatic nitrogens is 2. The Morgan fingerprint density at radius 3 is 3.00 bits per heavy atom. The van der Waals surface area contributed by atoms with E-state index in [0.29, 0.717) is 33.5 Å². The predicted molar refractivity (Wildman–Crippen MR) is 73.5 cm³/mol. The zero-order valence-electron chi connectivity index (χ0n) is 9.28. The standard InChI is InChI=1S/C11H10FIN4O/c12-6-2-9-8(3-7(6)13)16-11(14)17(9)5-1-10(18)15-4-5/h2-3,5H,1,4H2,(H2,14,16)(H,15,18). The van der Waals surface area contributed by atoms with Crippen LogP contribution in [0.2, 0.25) is 0 Å². The molecule has 1 unspecified atom stereocenters. The SMILES string of the molecule is Nc1nc2cc(I)c(F)cc2n1C1CNC(=O)C1. The Hall–Kier alpha value is -1.38. The van der Waals surface area contributed by atoms with E-state index in [4.69, 9.17) is 5.73 Å². The number of halogens is 2. The predicted octanol–water partition coefficient (Wildman–Crippen LogP) is 1.42. The summed E-state index contributed by atoms with van der Waals surface area (Å²) in [5, 5.41) is 2.74. The van der Waals surface area contributed by atoms with Crippen LogP contribution < -0.4 is 11.1 Å². The van der Waals surface area contributed by atoms with Crippen molar-refractivity contribution < 1.29 is 9.18 Å². The van der Waals surface area contributed by atoms with Crippen molar-refractivity contribution in [3.63, 3.8) is 0 Å². The van der Waals surface area contributed by atoms with Gasteiger partial charge in [-0.1, -0.05) is 0 Å². The number of anilines is 1. The molecule has 7 heteroatoms. The van der Waals surface area contributed by atoms with E-state index < -0.39 is 0 Å². The van der Waals surface area contributed by atoms with Gasteiger partial charge in [0.05, 0.1) is 20.6 Å². The number of hydrogen-bond acceptors (Lipinski definition) is 3. The summed E-state index contributed by atoms with van der Waals surface area (Å²) < 4.78 is 15.9. The summed E-state index contributed by atoms with van der Waals surface area (Å²) in [5.74, 6) is -0.0123. The molecule has 3 rings (SSSR count). The second kappa shape index (κ2) is 4.08. The van der Waals surface area contributed by atoms with Crippen molar-refractivity contribution in [2.45, 2.75) is 12.5 Å². The van der Waals surface area contributed by atoms with E-state index >= 15 is 0 Å². The van der Waals surface area contributed by atoms with Gasteiger partial charge in [-0.05, 0) is 28.7 Å². The van der Waals surface area contributed by atoms with Crippen LogP contribution in [-0.2, 0) is 4.79 Å². The van der Waals surface area contributed by atoms with Gasteiger partial charge in [-0.2, -0.15) is 0 Å². The Morgan fingerprint density at radius 2 is 2.33 bits per heavy atom. The largest absolute Gasteiger partial charge is 0.369 e. The third-order valence-electron chi connectivity index (χ3n) is 3.08. The van der Waals surface area contributed by atoms with Gasteiger partial charge < -0.3 is 15.6 Å². The smallest absolute Gasteiger partial charge is 0.222 e. The summed E-state index contributed by atoms with van der Waals surface area (Å²) in [6.07, 6.45) is 0.350. The Labute approximate surface area is 116 Å². The Balaban J connectivity index is 2.19. The van der Waals surface area contributed by atoms with Crippen LogP contribution in [0.1, 0.15) is 12.5 Å². The highest BCUT2D eigenvalue weighted by atomic mass is 127. The molecule has 1 fully saturated rings. The highest BCUT2D eigenvalue weighted by Crippen LogP contribution is 2.28. The number of hydrogen-bond donors (Lipinski definition) is 2. The van der Waals surface area contributed by atoms with Crippen LogP contribution in [0, 0.1) is 9.39 Å². The summed E-state index contributed by atoms with van der Waals surface area (Å²) in [6.45, 7) is 0.502. The molecule has 2 aromatic rings. The van der Waals surface area contributed by atoms with Crippen molar-refractivity contribution in [3.8, 4) is 0 Å². The molecule has 5 nitrogen and oxygen atoms in total. The molecule has 1 aliphatic rings. The lowest BCUT2D eigenvalue weighted by atomic mass is 10.2. The molecular weight excluding hydrogens is 350 g/mol. The maximum absolute atomic E-state index is 13.6. The van der Waals surface area contributed by atoms with Crippen LogP contribution in [-0.4, -0.2) is 22.0 Å². The second-order valence-electron chi connectivity index (χ2n) is 4.26. The summed E-state index contributed by atoms with van der Waals surface area (Å²) >= 11 is 1.91. The molecule has 2 heterocycles. The van der Waals surface area contributed by atoms with Gasteiger partial charge in [-0.3, -0.25) is 4.79 Å². The molecule has 0 aliphatic carbocycles. The normalized spacial score (nSPS) is 19.4. The van der Waals surface area contributed by atoms with Crippen molar-refractivity contribution in [1.29, 1.82) is 0 Å². The zero-order chi connectivity index (χ0) is 12.9. The van der Waals surface area contributed by atoms with Gasteiger partial charge in [0.1, 0.15) is 5.82 Å². The van der Waals surface area contributed by atoms with Gasteiger partial charge >= 0.3 is 0 Å². The van der Waals surface area contributed by atoms with Gasteiger partial charge in [0, 0.05) is 19.0 Å². The highest BCUT2D eigenvalue weighted by molar-refractivity contribution is 14.1. The number of rotatable bonds is 1. The Kier molecular flexibility index (Phi) is 2.65. The third-order valence-corrected chi connectivity index (χ3v) is 3.91. The maximum Gasteiger partial charge on any atom is 0.222 e. The first-order valence-electron chi connectivity index (χ1n) is 5.45. The topological polar surface area (TPSA) is 72.9 Å². The summed E-state index contributed by atoms with van der Waals surface area (Å²) in [5.41, 5.74) is 7.15.